The molecule has 8 heteroatoms. The molecule has 0 bridgehead atoms. The summed E-state index contributed by atoms with van der Waals surface area (Å²) in [5.41, 5.74) is 4.07. The highest BCUT2D eigenvalue weighted by Crippen LogP contribution is 2.32. The van der Waals surface area contributed by atoms with Gasteiger partial charge in [-0.25, -0.2) is 15.0 Å². The normalized spacial score (nSPS) is 16.5. The first-order valence-corrected chi connectivity index (χ1v) is 11.6. The fourth-order valence-corrected chi connectivity index (χ4v) is 4.76. The molecular weight excluding hydrogens is 462 g/mol. The molecule has 1 aliphatic heterocycles. The van der Waals surface area contributed by atoms with E-state index in [9.17, 15) is 4.79 Å². The number of aryl methyl sites for hydroxylation is 3. The lowest BCUT2D eigenvalue weighted by Crippen LogP contribution is -2.45. The van der Waals surface area contributed by atoms with Gasteiger partial charge in [-0.3, -0.25) is 4.79 Å². The molecule has 3 aromatic rings. The number of aromatic nitrogens is 3. The number of nitrogens with zero attached hydrogens (tertiary/aromatic N) is 4. The quantitative estimate of drug-likeness (QED) is 0.562. The number of benzene rings is 1. The van der Waals surface area contributed by atoms with E-state index in [2.05, 4.69) is 68.2 Å². The number of hydrogen-bond donors (Lipinski definition) is 1. The lowest BCUT2D eigenvalue weighted by Gasteiger charge is -2.33. The third-order valence-corrected chi connectivity index (χ3v) is 6.80. The van der Waals surface area contributed by atoms with Crippen LogP contribution in [-0.2, 0) is 0 Å². The number of nitrogens with one attached hydrogen (secondary N) is 1. The Morgan fingerprint density at radius 2 is 1.97 bits per heavy atom. The number of likely N-dealkylation sites (tertiary alicyclic amines) is 1. The van der Waals surface area contributed by atoms with Gasteiger partial charge < -0.3 is 10.2 Å². The Labute approximate surface area is 188 Å². The molecule has 1 N–H and O–H groups in total. The van der Waals surface area contributed by atoms with Crippen LogP contribution < -0.4 is 5.32 Å². The van der Waals surface area contributed by atoms with Crippen molar-refractivity contribution in [2.24, 2.45) is 0 Å². The monoisotopic (exact) mass is 485 g/mol. The van der Waals surface area contributed by atoms with Crippen LogP contribution in [0.4, 0.5) is 5.95 Å². The van der Waals surface area contributed by atoms with Crippen molar-refractivity contribution >= 4 is 39.1 Å². The summed E-state index contributed by atoms with van der Waals surface area (Å²) < 4.78 is 0.839. The predicted octanol–water partition coefficient (Wildman–Crippen LogP) is 5.00. The first-order chi connectivity index (χ1) is 14.4. The Hall–Kier alpha value is -2.32. The number of thiazole rings is 1. The molecule has 0 unspecified atom stereocenters. The van der Waals surface area contributed by atoms with Crippen LogP contribution in [0.2, 0.25) is 0 Å². The Kier molecular flexibility index (Phi) is 6.15. The molecule has 6 nitrogen and oxygen atoms in total. The van der Waals surface area contributed by atoms with E-state index in [0.29, 0.717) is 18.2 Å². The number of halogens is 1. The number of rotatable bonds is 4. The number of amides is 1. The molecule has 1 amide bonds. The van der Waals surface area contributed by atoms with Crippen molar-refractivity contribution in [1.29, 1.82) is 0 Å². The molecular formula is C22H24BrN5OS. The summed E-state index contributed by atoms with van der Waals surface area (Å²) in [4.78, 5) is 29.4. The first-order valence-electron chi connectivity index (χ1n) is 9.99. The topological polar surface area (TPSA) is 71.0 Å². The van der Waals surface area contributed by atoms with Crippen molar-refractivity contribution in [3.05, 3.63) is 56.9 Å². The zero-order valence-corrected chi connectivity index (χ0v) is 19.7. The van der Waals surface area contributed by atoms with Gasteiger partial charge in [0.25, 0.3) is 5.91 Å². The molecule has 1 fully saturated rings. The minimum absolute atomic E-state index is 0.00389. The Morgan fingerprint density at radius 1 is 1.20 bits per heavy atom. The van der Waals surface area contributed by atoms with Crippen LogP contribution in [0.15, 0.2) is 35.1 Å². The van der Waals surface area contributed by atoms with Crippen molar-refractivity contribution in [1.82, 2.24) is 19.9 Å². The maximum atomic E-state index is 13.4. The summed E-state index contributed by atoms with van der Waals surface area (Å²) in [5.74, 6) is 0.577. The number of anilines is 1. The standard InChI is InChI=1S/C22H24BrN5OS/c1-13-6-7-16(9-14(13)2)20-19(26-15(3)30-20)21(29)28-8-4-5-18(12-28)27-22-24-10-17(23)11-25-22/h6-7,9-11,18H,4-5,8,12H2,1-3H3,(H,24,25,27)/t18-/m1/s1. The highest BCUT2D eigenvalue weighted by molar-refractivity contribution is 9.10. The van der Waals surface area contributed by atoms with Crippen molar-refractivity contribution in [2.75, 3.05) is 18.4 Å². The van der Waals surface area contributed by atoms with Crippen LogP contribution in [0.1, 0.15) is 39.5 Å². The van der Waals surface area contributed by atoms with Gasteiger partial charge in [0.2, 0.25) is 5.95 Å². The summed E-state index contributed by atoms with van der Waals surface area (Å²) in [6.07, 6.45) is 5.34. The van der Waals surface area contributed by atoms with Crippen LogP contribution in [-0.4, -0.2) is 44.9 Å². The van der Waals surface area contributed by atoms with Crippen LogP contribution in [0.3, 0.4) is 0 Å². The Morgan fingerprint density at radius 3 is 2.70 bits per heavy atom. The number of carbonyl (C=O) groups excluding carboxylic acids is 1. The van der Waals surface area contributed by atoms with E-state index in [0.717, 1.165) is 39.3 Å². The first kappa shape index (κ1) is 20.9. The van der Waals surface area contributed by atoms with Gasteiger partial charge >= 0.3 is 0 Å². The Balaban J connectivity index is 1.54. The van der Waals surface area contributed by atoms with Crippen molar-refractivity contribution < 1.29 is 4.79 Å². The lowest BCUT2D eigenvalue weighted by molar-refractivity contribution is 0.0710. The summed E-state index contributed by atoms with van der Waals surface area (Å²) in [7, 11) is 0. The lowest BCUT2D eigenvalue weighted by atomic mass is 10.0. The fourth-order valence-electron chi connectivity index (χ4n) is 3.65. The molecule has 0 aliphatic carbocycles. The third kappa shape index (κ3) is 4.54. The smallest absolute Gasteiger partial charge is 0.274 e. The summed E-state index contributed by atoms with van der Waals surface area (Å²) in [5, 5.41) is 4.26. The molecule has 0 radical (unpaired) electrons. The molecule has 1 atom stereocenters. The largest absolute Gasteiger partial charge is 0.350 e. The average molecular weight is 486 g/mol. The van der Waals surface area contributed by atoms with Gasteiger partial charge in [-0.15, -0.1) is 11.3 Å². The molecule has 156 valence electrons. The summed E-state index contributed by atoms with van der Waals surface area (Å²) in [6, 6.07) is 6.45. The van der Waals surface area contributed by atoms with Crippen LogP contribution in [0, 0.1) is 20.8 Å². The van der Waals surface area contributed by atoms with E-state index < -0.39 is 0 Å². The van der Waals surface area contributed by atoms with E-state index >= 15 is 0 Å². The maximum Gasteiger partial charge on any atom is 0.274 e. The SMILES string of the molecule is Cc1nc(C(=O)N2CCC[C@@H](Nc3ncc(Br)cn3)C2)c(-c2ccc(C)c(C)c2)s1. The van der Waals surface area contributed by atoms with Gasteiger partial charge in [-0.2, -0.15) is 0 Å². The predicted molar refractivity (Wildman–Crippen MR) is 124 cm³/mol. The molecule has 1 saturated heterocycles. The van der Waals surface area contributed by atoms with Crippen LogP contribution in [0.5, 0.6) is 0 Å². The fraction of sp³-hybridized carbons (Fsp3) is 0.364. The summed E-state index contributed by atoms with van der Waals surface area (Å²) in [6.45, 7) is 7.50. The average Bonchev–Trinajstić information content (AvgIpc) is 3.13. The highest BCUT2D eigenvalue weighted by Gasteiger charge is 2.28. The molecule has 30 heavy (non-hydrogen) atoms. The van der Waals surface area contributed by atoms with Gasteiger partial charge in [0.15, 0.2) is 0 Å². The number of hydrogen-bond acceptors (Lipinski definition) is 6. The molecule has 4 rings (SSSR count). The van der Waals surface area contributed by atoms with E-state index in [1.807, 2.05) is 11.8 Å². The van der Waals surface area contributed by atoms with Gasteiger partial charge in [0, 0.05) is 31.5 Å². The zero-order valence-electron chi connectivity index (χ0n) is 17.3. The van der Waals surface area contributed by atoms with Crippen LogP contribution >= 0.6 is 27.3 Å². The Bertz CT molecular complexity index is 1070. The van der Waals surface area contributed by atoms with E-state index in [1.165, 1.54) is 11.1 Å². The van der Waals surface area contributed by atoms with E-state index in [-0.39, 0.29) is 11.9 Å². The minimum Gasteiger partial charge on any atom is -0.350 e. The molecule has 0 spiro atoms. The molecule has 0 saturated carbocycles. The van der Waals surface area contributed by atoms with Gasteiger partial charge in [-0.05, 0) is 66.2 Å². The molecule has 2 aromatic heterocycles. The zero-order chi connectivity index (χ0) is 21.3. The van der Waals surface area contributed by atoms with Crippen molar-refractivity contribution in [3.63, 3.8) is 0 Å². The van der Waals surface area contributed by atoms with Gasteiger partial charge in [-0.1, -0.05) is 18.2 Å². The van der Waals surface area contributed by atoms with E-state index in [1.54, 1.807) is 23.7 Å². The third-order valence-electron chi connectivity index (χ3n) is 5.37. The number of carbonyl (C=O) groups is 1. The molecule has 1 aromatic carbocycles. The maximum absolute atomic E-state index is 13.4. The second-order valence-corrected chi connectivity index (χ2v) is 9.79. The summed E-state index contributed by atoms with van der Waals surface area (Å²) >= 11 is 4.93. The molecule has 1 aliphatic rings. The molecule has 3 heterocycles. The van der Waals surface area contributed by atoms with Gasteiger partial charge in [0.1, 0.15) is 5.69 Å². The number of piperidine rings is 1. The van der Waals surface area contributed by atoms with Gasteiger partial charge in [0.05, 0.1) is 14.4 Å². The second-order valence-electron chi connectivity index (χ2n) is 7.67. The van der Waals surface area contributed by atoms with Crippen LogP contribution in [0.25, 0.3) is 10.4 Å². The highest BCUT2D eigenvalue weighted by atomic mass is 79.9. The van der Waals surface area contributed by atoms with Crippen molar-refractivity contribution in [2.45, 2.75) is 39.7 Å². The van der Waals surface area contributed by atoms with E-state index in [4.69, 9.17) is 0 Å². The van der Waals surface area contributed by atoms with Crippen molar-refractivity contribution in [3.8, 4) is 10.4 Å². The minimum atomic E-state index is -0.00389. The second kappa shape index (κ2) is 8.81.